The quantitative estimate of drug-likeness (QED) is 0.806. The number of aromatic nitrogens is 2. The first kappa shape index (κ1) is 11.5. The minimum absolute atomic E-state index is 0.222. The van der Waals surface area contributed by atoms with E-state index in [1.165, 1.54) is 4.68 Å². The van der Waals surface area contributed by atoms with Gasteiger partial charge >= 0.3 is 12.1 Å². The van der Waals surface area contributed by atoms with Crippen LogP contribution in [0, 0.1) is 6.92 Å². The van der Waals surface area contributed by atoms with Crippen molar-refractivity contribution in [1.29, 1.82) is 0 Å². The van der Waals surface area contributed by atoms with Crippen LogP contribution in [-0.2, 0) is 18.4 Å². The molecular formula is C8H10F3N3O. The van der Waals surface area contributed by atoms with Crippen LogP contribution in [0.5, 0.6) is 0 Å². The molecule has 7 heteroatoms. The zero-order valence-electron chi connectivity index (χ0n) is 8.22. The van der Waals surface area contributed by atoms with Crippen LogP contribution in [0.1, 0.15) is 11.4 Å². The van der Waals surface area contributed by atoms with Gasteiger partial charge in [0.2, 0.25) is 0 Å². The third kappa shape index (κ3) is 2.97. The molecule has 0 fully saturated rings. The van der Waals surface area contributed by atoms with Gasteiger partial charge in [0.05, 0.1) is 12.2 Å². The molecule has 0 unspecified atom stereocenters. The maximum atomic E-state index is 11.8. The molecule has 0 aliphatic heterocycles. The molecule has 0 aromatic carbocycles. The predicted molar refractivity (Wildman–Crippen MR) is 45.8 cm³/mol. The summed E-state index contributed by atoms with van der Waals surface area (Å²) in [5, 5.41) is 5.64. The van der Waals surface area contributed by atoms with Crippen molar-refractivity contribution in [1.82, 2.24) is 15.1 Å². The fourth-order valence-corrected chi connectivity index (χ4v) is 0.992. The van der Waals surface area contributed by atoms with E-state index in [4.69, 9.17) is 0 Å². The number of rotatable bonds is 2. The fourth-order valence-electron chi connectivity index (χ4n) is 0.992. The Morgan fingerprint density at radius 3 is 2.60 bits per heavy atom. The lowest BCUT2D eigenvalue weighted by atomic mass is 10.3. The third-order valence-corrected chi connectivity index (χ3v) is 1.85. The summed E-state index contributed by atoms with van der Waals surface area (Å²) in [4.78, 5) is 10.5. The second-order valence-electron chi connectivity index (χ2n) is 3.08. The molecular weight excluding hydrogens is 211 g/mol. The lowest BCUT2D eigenvalue weighted by Gasteiger charge is -2.05. The van der Waals surface area contributed by atoms with Crippen LogP contribution in [0.4, 0.5) is 13.2 Å². The zero-order valence-corrected chi connectivity index (χ0v) is 8.22. The number of hydrogen-bond acceptors (Lipinski definition) is 2. The summed E-state index contributed by atoms with van der Waals surface area (Å²) in [7, 11) is 1.67. The van der Waals surface area contributed by atoms with Crippen molar-refractivity contribution in [3.8, 4) is 0 Å². The van der Waals surface area contributed by atoms with Gasteiger partial charge < -0.3 is 5.32 Å². The lowest BCUT2D eigenvalue weighted by molar-refractivity contribution is -0.173. The summed E-state index contributed by atoms with van der Waals surface area (Å²) in [6.07, 6.45) is -4.84. The van der Waals surface area contributed by atoms with Crippen LogP contribution in [0.15, 0.2) is 6.07 Å². The van der Waals surface area contributed by atoms with Crippen LogP contribution < -0.4 is 5.32 Å². The van der Waals surface area contributed by atoms with E-state index in [9.17, 15) is 18.0 Å². The van der Waals surface area contributed by atoms with Gasteiger partial charge in [0.25, 0.3) is 0 Å². The van der Waals surface area contributed by atoms with Crippen molar-refractivity contribution in [2.75, 3.05) is 0 Å². The van der Waals surface area contributed by atoms with E-state index in [1.807, 2.05) is 0 Å². The molecule has 1 rings (SSSR count). The number of hydrogen-bond donors (Lipinski definition) is 1. The average molecular weight is 221 g/mol. The van der Waals surface area contributed by atoms with Gasteiger partial charge in [-0.3, -0.25) is 9.48 Å². The highest BCUT2D eigenvalue weighted by Crippen LogP contribution is 2.14. The number of carbonyl (C=O) groups excluding carboxylic acids is 1. The van der Waals surface area contributed by atoms with Gasteiger partial charge in [0.15, 0.2) is 0 Å². The summed E-state index contributed by atoms with van der Waals surface area (Å²) < 4.78 is 36.9. The molecule has 4 nitrogen and oxygen atoms in total. The summed E-state index contributed by atoms with van der Waals surface area (Å²) >= 11 is 0. The number of nitrogens with zero attached hydrogens (tertiary/aromatic N) is 2. The molecule has 0 atom stereocenters. The molecule has 0 spiro atoms. The van der Waals surface area contributed by atoms with Crippen molar-refractivity contribution in [3.05, 3.63) is 17.5 Å². The molecule has 1 N–H and O–H groups in total. The van der Waals surface area contributed by atoms with Crippen molar-refractivity contribution < 1.29 is 18.0 Å². The van der Waals surface area contributed by atoms with Gasteiger partial charge in [0.1, 0.15) is 0 Å². The fraction of sp³-hybridized carbons (Fsp3) is 0.500. The van der Waals surface area contributed by atoms with Crippen molar-refractivity contribution in [2.24, 2.45) is 7.05 Å². The normalized spacial score (nSPS) is 11.5. The van der Waals surface area contributed by atoms with Crippen molar-refractivity contribution in [2.45, 2.75) is 19.6 Å². The number of carbonyl (C=O) groups is 1. The molecule has 1 aromatic rings. The Morgan fingerprint density at radius 2 is 2.20 bits per heavy atom. The highest BCUT2D eigenvalue weighted by atomic mass is 19.4. The monoisotopic (exact) mass is 221 g/mol. The molecule has 0 bridgehead atoms. The van der Waals surface area contributed by atoms with Crippen LogP contribution in [0.2, 0.25) is 0 Å². The third-order valence-electron chi connectivity index (χ3n) is 1.85. The number of nitrogens with one attached hydrogen (secondary N) is 1. The van der Waals surface area contributed by atoms with E-state index in [0.29, 0.717) is 5.69 Å². The van der Waals surface area contributed by atoms with Gasteiger partial charge in [-0.1, -0.05) is 0 Å². The molecule has 0 radical (unpaired) electrons. The second kappa shape index (κ2) is 3.92. The summed E-state index contributed by atoms with van der Waals surface area (Å²) in [5.74, 6) is -1.95. The van der Waals surface area contributed by atoms with E-state index in [2.05, 4.69) is 5.10 Å². The molecule has 84 valence electrons. The number of alkyl halides is 3. The molecule has 1 heterocycles. The molecule has 0 aliphatic rings. The summed E-state index contributed by atoms with van der Waals surface area (Å²) in [6, 6.07) is 1.61. The van der Waals surface area contributed by atoms with Crippen LogP contribution >= 0.6 is 0 Å². The minimum atomic E-state index is -4.84. The van der Waals surface area contributed by atoms with Gasteiger partial charge in [-0.05, 0) is 13.0 Å². The first-order valence-electron chi connectivity index (χ1n) is 4.15. The average Bonchev–Trinajstić information content (AvgIpc) is 2.41. The first-order chi connectivity index (χ1) is 6.80. The molecule has 15 heavy (non-hydrogen) atoms. The Hall–Kier alpha value is -1.53. The Morgan fingerprint density at radius 1 is 1.60 bits per heavy atom. The summed E-state index contributed by atoms with van der Waals surface area (Å²) in [5.41, 5.74) is 1.21. The Labute approximate surface area is 84.1 Å². The van der Waals surface area contributed by atoms with E-state index >= 15 is 0 Å². The summed E-state index contributed by atoms with van der Waals surface area (Å²) in [6.45, 7) is 1.54. The first-order valence-corrected chi connectivity index (χ1v) is 4.15. The maximum absolute atomic E-state index is 11.8. The standard InChI is InChI=1S/C8H10F3N3O/c1-5-3-6(13-14(5)2)4-12-7(15)8(9,10)11/h3H,4H2,1-2H3,(H,12,15). The Balaban J connectivity index is 2.55. The number of amides is 1. The highest BCUT2D eigenvalue weighted by Gasteiger charge is 2.38. The molecule has 0 saturated heterocycles. The van der Waals surface area contributed by atoms with Crippen molar-refractivity contribution >= 4 is 5.91 Å². The smallest absolute Gasteiger partial charge is 0.343 e. The molecule has 0 aliphatic carbocycles. The molecule has 0 saturated carbocycles. The predicted octanol–water partition coefficient (Wildman–Crippen LogP) is 0.907. The van der Waals surface area contributed by atoms with E-state index < -0.39 is 12.1 Å². The Kier molecular flexibility index (Phi) is 3.01. The largest absolute Gasteiger partial charge is 0.471 e. The Bertz CT molecular complexity index is 350. The van der Waals surface area contributed by atoms with Gasteiger partial charge in [0, 0.05) is 12.7 Å². The van der Waals surface area contributed by atoms with E-state index in [1.54, 1.807) is 25.4 Å². The number of halogens is 3. The van der Waals surface area contributed by atoms with Gasteiger partial charge in [-0.2, -0.15) is 18.3 Å². The van der Waals surface area contributed by atoms with E-state index in [-0.39, 0.29) is 6.54 Å². The molecule has 1 aromatic heterocycles. The topological polar surface area (TPSA) is 46.9 Å². The zero-order chi connectivity index (χ0) is 11.6. The lowest BCUT2D eigenvalue weighted by Crippen LogP contribution is -2.36. The SMILES string of the molecule is Cc1cc(CNC(=O)C(F)(F)F)nn1C. The van der Waals surface area contributed by atoms with Crippen LogP contribution in [0.3, 0.4) is 0 Å². The van der Waals surface area contributed by atoms with Crippen LogP contribution in [-0.4, -0.2) is 21.9 Å². The second-order valence-corrected chi connectivity index (χ2v) is 3.08. The molecule has 1 amide bonds. The minimum Gasteiger partial charge on any atom is -0.343 e. The van der Waals surface area contributed by atoms with Crippen LogP contribution in [0.25, 0.3) is 0 Å². The highest BCUT2D eigenvalue weighted by molar-refractivity contribution is 5.81. The van der Waals surface area contributed by atoms with Gasteiger partial charge in [-0.25, -0.2) is 0 Å². The maximum Gasteiger partial charge on any atom is 0.471 e. The van der Waals surface area contributed by atoms with E-state index in [0.717, 1.165) is 5.69 Å². The van der Waals surface area contributed by atoms with Crippen molar-refractivity contribution in [3.63, 3.8) is 0 Å². The number of aryl methyl sites for hydroxylation is 2. The van der Waals surface area contributed by atoms with Gasteiger partial charge in [-0.15, -0.1) is 0 Å².